The van der Waals surface area contributed by atoms with Gasteiger partial charge in [-0.05, 0) is 55.0 Å². The molecular formula is C21H25FN2O. The Morgan fingerprint density at radius 2 is 1.96 bits per heavy atom. The standard InChI is InChI=1S/C21H25FN2O/c1-25-20-8-7-18(22)10-17(20)13-23-19-11-15-9-16(15)12-24-21(19)14-5-3-2-4-6-14/h2-8,10,15-16,19,21,23-24H,9,11-13H2,1H3. The molecule has 1 heterocycles. The minimum absolute atomic E-state index is 0.224. The second-order valence-corrected chi connectivity index (χ2v) is 7.23. The van der Waals surface area contributed by atoms with Crippen molar-refractivity contribution >= 4 is 0 Å². The lowest BCUT2D eigenvalue weighted by molar-refractivity contribution is 0.359. The number of hydrogen-bond acceptors (Lipinski definition) is 3. The van der Waals surface area contributed by atoms with Crippen LogP contribution >= 0.6 is 0 Å². The van der Waals surface area contributed by atoms with Gasteiger partial charge in [-0.25, -0.2) is 4.39 Å². The number of benzene rings is 2. The largest absolute Gasteiger partial charge is 0.496 e. The summed E-state index contributed by atoms with van der Waals surface area (Å²) in [6.07, 6.45) is 2.49. The van der Waals surface area contributed by atoms with Crippen LogP contribution in [0.15, 0.2) is 48.5 Å². The van der Waals surface area contributed by atoms with Crippen molar-refractivity contribution in [2.75, 3.05) is 13.7 Å². The van der Waals surface area contributed by atoms with Crippen molar-refractivity contribution in [3.63, 3.8) is 0 Å². The summed E-state index contributed by atoms with van der Waals surface area (Å²) in [5.74, 6) is 2.14. The summed E-state index contributed by atoms with van der Waals surface area (Å²) in [5.41, 5.74) is 2.18. The van der Waals surface area contributed by atoms with Crippen molar-refractivity contribution in [1.29, 1.82) is 0 Å². The van der Waals surface area contributed by atoms with Crippen molar-refractivity contribution in [3.8, 4) is 5.75 Å². The lowest BCUT2D eigenvalue weighted by Crippen LogP contribution is -2.41. The molecular weight excluding hydrogens is 315 g/mol. The summed E-state index contributed by atoms with van der Waals surface area (Å²) in [6.45, 7) is 1.69. The van der Waals surface area contributed by atoms with Gasteiger partial charge >= 0.3 is 0 Å². The van der Waals surface area contributed by atoms with Crippen LogP contribution in [0.4, 0.5) is 4.39 Å². The van der Waals surface area contributed by atoms with E-state index in [1.807, 2.05) is 0 Å². The molecule has 4 rings (SSSR count). The van der Waals surface area contributed by atoms with Gasteiger partial charge in [0, 0.05) is 24.2 Å². The van der Waals surface area contributed by atoms with Crippen molar-refractivity contribution in [1.82, 2.24) is 10.6 Å². The molecule has 1 saturated carbocycles. The fourth-order valence-electron chi connectivity index (χ4n) is 4.07. The molecule has 1 aliphatic carbocycles. The van der Waals surface area contributed by atoms with Gasteiger partial charge in [-0.15, -0.1) is 0 Å². The maximum atomic E-state index is 13.6. The van der Waals surface area contributed by atoms with E-state index in [0.29, 0.717) is 12.6 Å². The van der Waals surface area contributed by atoms with Crippen LogP contribution in [0.25, 0.3) is 0 Å². The summed E-state index contributed by atoms with van der Waals surface area (Å²) in [7, 11) is 1.63. The number of nitrogens with one attached hydrogen (secondary N) is 2. The lowest BCUT2D eigenvalue weighted by atomic mass is 9.95. The van der Waals surface area contributed by atoms with Crippen LogP contribution in [0.1, 0.15) is 30.0 Å². The van der Waals surface area contributed by atoms with Crippen molar-refractivity contribution in [3.05, 3.63) is 65.5 Å². The average Bonchev–Trinajstić information content (AvgIpc) is 3.39. The number of ether oxygens (including phenoxy) is 1. The van der Waals surface area contributed by atoms with Crippen molar-refractivity contribution < 1.29 is 9.13 Å². The zero-order chi connectivity index (χ0) is 17.2. The Morgan fingerprint density at radius 3 is 2.76 bits per heavy atom. The first-order valence-electron chi connectivity index (χ1n) is 9.08. The predicted molar refractivity (Wildman–Crippen MR) is 97.0 cm³/mol. The van der Waals surface area contributed by atoms with E-state index in [2.05, 4.69) is 41.0 Å². The Balaban J connectivity index is 1.52. The Bertz CT molecular complexity index is 721. The number of hydrogen-bond donors (Lipinski definition) is 2. The molecule has 0 spiro atoms. The third kappa shape index (κ3) is 3.70. The third-order valence-electron chi connectivity index (χ3n) is 5.58. The highest BCUT2D eigenvalue weighted by Gasteiger charge is 2.43. The Kier molecular flexibility index (Phi) is 4.73. The predicted octanol–water partition coefficient (Wildman–Crippen LogP) is 3.66. The molecule has 132 valence electrons. The Labute approximate surface area is 148 Å². The SMILES string of the molecule is COc1ccc(F)cc1CNC1CC2CC2CNC1c1ccccc1. The van der Waals surface area contributed by atoms with E-state index in [4.69, 9.17) is 4.74 Å². The maximum Gasteiger partial charge on any atom is 0.123 e. The molecule has 1 aliphatic heterocycles. The number of rotatable bonds is 5. The van der Waals surface area contributed by atoms with E-state index in [1.54, 1.807) is 19.2 Å². The molecule has 2 aliphatic rings. The van der Waals surface area contributed by atoms with Gasteiger partial charge in [0.1, 0.15) is 11.6 Å². The van der Waals surface area contributed by atoms with E-state index in [9.17, 15) is 4.39 Å². The second-order valence-electron chi connectivity index (χ2n) is 7.23. The zero-order valence-electron chi connectivity index (χ0n) is 14.5. The summed E-state index contributed by atoms with van der Waals surface area (Å²) in [6, 6.07) is 15.9. The molecule has 1 saturated heterocycles. The Morgan fingerprint density at radius 1 is 1.12 bits per heavy atom. The summed E-state index contributed by atoms with van der Waals surface area (Å²) >= 11 is 0. The maximum absolute atomic E-state index is 13.6. The zero-order valence-corrected chi connectivity index (χ0v) is 14.5. The Hall–Kier alpha value is -1.91. The van der Waals surface area contributed by atoms with Crippen LogP contribution in [-0.4, -0.2) is 19.7 Å². The topological polar surface area (TPSA) is 33.3 Å². The molecule has 0 bridgehead atoms. The first kappa shape index (κ1) is 16.6. The summed E-state index contributed by atoms with van der Waals surface area (Å²) in [4.78, 5) is 0. The van der Waals surface area contributed by atoms with Gasteiger partial charge in [-0.1, -0.05) is 30.3 Å². The molecule has 2 fully saturated rings. The molecule has 2 aromatic rings. The molecule has 3 nitrogen and oxygen atoms in total. The van der Waals surface area contributed by atoms with Crippen LogP contribution < -0.4 is 15.4 Å². The van der Waals surface area contributed by atoms with E-state index < -0.39 is 0 Å². The molecule has 2 N–H and O–H groups in total. The fourth-order valence-corrected chi connectivity index (χ4v) is 4.07. The van der Waals surface area contributed by atoms with Gasteiger partial charge in [-0.3, -0.25) is 0 Å². The normalized spacial score (nSPS) is 28.1. The number of halogens is 1. The van der Waals surface area contributed by atoms with Crippen LogP contribution in [0.2, 0.25) is 0 Å². The molecule has 4 heteroatoms. The van der Waals surface area contributed by atoms with E-state index in [1.165, 1.54) is 18.1 Å². The van der Waals surface area contributed by atoms with Crippen LogP contribution in [0.5, 0.6) is 5.75 Å². The third-order valence-corrected chi connectivity index (χ3v) is 5.58. The highest BCUT2D eigenvalue weighted by atomic mass is 19.1. The fraction of sp³-hybridized carbons (Fsp3) is 0.429. The van der Waals surface area contributed by atoms with Gasteiger partial charge in [0.25, 0.3) is 0 Å². The van der Waals surface area contributed by atoms with E-state index in [-0.39, 0.29) is 11.9 Å². The second kappa shape index (κ2) is 7.14. The number of methoxy groups -OCH3 is 1. The summed E-state index contributed by atoms with van der Waals surface area (Å²) in [5, 5.41) is 7.42. The highest BCUT2D eigenvalue weighted by molar-refractivity contribution is 5.34. The monoisotopic (exact) mass is 340 g/mol. The number of fused-ring (bicyclic) bond motifs is 1. The lowest BCUT2D eigenvalue weighted by Gasteiger charge is -2.28. The van der Waals surface area contributed by atoms with Gasteiger partial charge in [-0.2, -0.15) is 0 Å². The van der Waals surface area contributed by atoms with E-state index >= 15 is 0 Å². The quantitative estimate of drug-likeness (QED) is 0.871. The van der Waals surface area contributed by atoms with Gasteiger partial charge in [0.05, 0.1) is 7.11 Å². The molecule has 4 unspecified atom stereocenters. The van der Waals surface area contributed by atoms with Gasteiger partial charge in [0.15, 0.2) is 0 Å². The highest BCUT2D eigenvalue weighted by Crippen LogP contribution is 2.45. The minimum atomic E-state index is -0.224. The van der Waals surface area contributed by atoms with Crippen molar-refractivity contribution in [2.45, 2.75) is 31.5 Å². The average molecular weight is 340 g/mol. The van der Waals surface area contributed by atoms with Crippen molar-refractivity contribution in [2.24, 2.45) is 11.8 Å². The smallest absolute Gasteiger partial charge is 0.123 e. The van der Waals surface area contributed by atoms with Gasteiger partial charge in [0.2, 0.25) is 0 Å². The minimum Gasteiger partial charge on any atom is -0.496 e. The van der Waals surface area contributed by atoms with Crippen LogP contribution in [0, 0.1) is 17.7 Å². The molecule has 0 aromatic heterocycles. The molecule has 25 heavy (non-hydrogen) atoms. The summed E-state index contributed by atoms with van der Waals surface area (Å²) < 4.78 is 19.0. The van der Waals surface area contributed by atoms with Gasteiger partial charge < -0.3 is 15.4 Å². The van der Waals surface area contributed by atoms with E-state index in [0.717, 1.165) is 36.1 Å². The van der Waals surface area contributed by atoms with Crippen LogP contribution in [0.3, 0.4) is 0 Å². The molecule has 0 amide bonds. The molecule has 2 aromatic carbocycles. The van der Waals surface area contributed by atoms with Crippen LogP contribution in [-0.2, 0) is 6.54 Å². The molecule has 4 atom stereocenters. The first-order valence-corrected chi connectivity index (χ1v) is 9.08. The molecule has 0 radical (unpaired) electrons. The first-order chi connectivity index (χ1) is 12.2.